The van der Waals surface area contributed by atoms with E-state index >= 15 is 0 Å². The Morgan fingerprint density at radius 2 is 2.33 bits per heavy atom. The van der Waals surface area contributed by atoms with Gasteiger partial charge in [-0.2, -0.15) is 5.10 Å². The highest BCUT2D eigenvalue weighted by Gasteiger charge is 2.10. The van der Waals surface area contributed by atoms with Crippen LogP contribution in [0.15, 0.2) is 36.8 Å². The molecule has 5 heteroatoms. The molecule has 0 aliphatic heterocycles. The summed E-state index contributed by atoms with van der Waals surface area (Å²) >= 11 is 0. The lowest BCUT2D eigenvalue weighted by molar-refractivity contribution is -0.119. The Kier molecular flexibility index (Phi) is 3.72. The van der Waals surface area contributed by atoms with Crippen molar-refractivity contribution in [2.75, 3.05) is 5.32 Å². The number of rotatable bonds is 4. The number of pyridine rings is 1. The standard InChI is InChI=1S/C13H16N4O/c1-3-10(2)13(18)16-11-5-6-12(14-9-11)17-8-4-7-15-17/h4-10H,3H2,1-2H3,(H,16,18). The number of hydrogen-bond acceptors (Lipinski definition) is 3. The van der Waals surface area contributed by atoms with E-state index in [0.717, 1.165) is 12.2 Å². The Bertz CT molecular complexity index is 504. The van der Waals surface area contributed by atoms with Gasteiger partial charge in [0.2, 0.25) is 5.91 Å². The number of carbonyl (C=O) groups is 1. The van der Waals surface area contributed by atoms with Crippen LogP contribution in [-0.2, 0) is 4.79 Å². The number of carbonyl (C=O) groups excluding carboxylic acids is 1. The summed E-state index contributed by atoms with van der Waals surface area (Å²) in [4.78, 5) is 15.9. The predicted octanol–water partition coefficient (Wildman–Crippen LogP) is 2.25. The molecule has 0 aliphatic carbocycles. The van der Waals surface area contributed by atoms with Crippen LogP contribution in [0.2, 0.25) is 0 Å². The van der Waals surface area contributed by atoms with E-state index in [2.05, 4.69) is 15.4 Å². The molecular formula is C13H16N4O. The van der Waals surface area contributed by atoms with E-state index in [1.165, 1.54) is 0 Å². The van der Waals surface area contributed by atoms with E-state index in [1.54, 1.807) is 17.1 Å². The zero-order chi connectivity index (χ0) is 13.0. The van der Waals surface area contributed by atoms with Gasteiger partial charge in [-0.1, -0.05) is 13.8 Å². The molecule has 1 atom stereocenters. The zero-order valence-electron chi connectivity index (χ0n) is 10.5. The number of amides is 1. The van der Waals surface area contributed by atoms with Crippen molar-refractivity contribution in [2.45, 2.75) is 20.3 Å². The van der Waals surface area contributed by atoms with Gasteiger partial charge in [-0.3, -0.25) is 4.79 Å². The topological polar surface area (TPSA) is 59.8 Å². The molecule has 1 N–H and O–H groups in total. The number of hydrogen-bond donors (Lipinski definition) is 1. The Hall–Kier alpha value is -2.17. The van der Waals surface area contributed by atoms with E-state index < -0.39 is 0 Å². The number of anilines is 1. The second-order valence-electron chi connectivity index (χ2n) is 4.15. The number of nitrogens with zero attached hydrogens (tertiary/aromatic N) is 3. The fourth-order valence-electron chi connectivity index (χ4n) is 1.45. The fourth-order valence-corrected chi connectivity index (χ4v) is 1.45. The molecule has 0 aromatic carbocycles. The van der Waals surface area contributed by atoms with Gasteiger partial charge in [0.25, 0.3) is 0 Å². The minimum Gasteiger partial charge on any atom is -0.324 e. The molecule has 94 valence electrons. The van der Waals surface area contributed by atoms with Crippen LogP contribution in [-0.4, -0.2) is 20.7 Å². The van der Waals surface area contributed by atoms with Gasteiger partial charge in [-0.25, -0.2) is 9.67 Å². The smallest absolute Gasteiger partial charge is 0.227 e. The Labute approximate surface area is 106 Å². The lowest BCUT2D eigenvalue weighted by Crippen LogP contribution is -2.19. The summed E-state index contributed by atoms with van der Waals surface area (Å²) in [5.41, 5.74) is 0.705. The molecule has 2 aromatic heterocycles. The molecule has 2 heterocycles. The van der Waals surface area contributed by atoms with Crippen molar-refractivity contribution in [2.24, 2.45) is 5.92 Å². The largest absolute Gasteiger partial charge is 0.324 e. The third-order valence-electron chi connectivity index (χ3n) is 2.81. The van der Waals surface area contributed by atoms with Gasteiger partial charge in [0, 0.05) is 18.3 Å². The monoisotopic (exact) mass is 244 g/mol. The Morgan fingerprint density at radius 1 is 1.50 bits per heavy atom. The first-order valence-electron chi connectivity index (χ1n) is 5.97. The minimum atomic E-state index is 0.00999. The molecule has 0 aliphatic rings. The first kappa shape index (κ1) is 12.3. The van der Waals surface area contributed by atoms with E-state index in [1.807, 2.05) is 38.2 Å². The maximum absolute atomic E-state index is 11.7. The van der Waals surface area contributed by atoms with Gasteiger partial charge in [0.15, 0.2) is 5.82 Å². The summed E-state index contributed by atoms with van der Waals surface area (Å²) in [5, 5.41) is 6.92. The van der Waals surface area contributed by atoms with Crippen LogP contribution in [0.25, 0.3) is 5.82 Å². The maximum atomic E-state index is 11.7. The molecule has 0 radical (unpaired) electrons. The summed E-state index contributed by atoms with van der Waals surface area (Å²) in [6.45, 7) is 3.89. The molecule has 0 bridgehead atoms. The summed E-state index contributed by atoms with van der Waals surface area (Å²) in [6.07, 6.45) is 5.97. The summed E-state index contributed by atoms with van der Waals surface area (Å²) in [6, 6.07) is 5.48. The number of nitrogens with one attached hydrogen (secondary N) is 1. The van der Waals surface area contributed by atoms with Crippen LogP contribution in [0.3, 0.4) is 0 Å². The molecule has 1 unspecified atom stereocenters. The minimum absolute atomic E-state index is 0.00999. The average molecular weight is 244 g/mol. The number of aromatic nitrogens is 3. The first-order chi connectivity index (χ1) is 8.70. The van der Waals surface area contributed by atoms with Gasteiger partial charge in [-0.15, -0.1) is 0 Å². The Balaban J connectivity index is 2.06. The van der Waals surface area contributed by atoms with Crippen molar-refractivity contribution in [3.63, 3.8) is 0 Å². The van der Waals surface area contributed by atoms with Crippen molar-refractivity contribution in [1.82, 2.24) is 14.8 Å². The second kappa shape index (κ2) is 5.44. The third-order valence-corrected chi connectivity index (χ3v) is 2.81. The summed E-state index contributed by atoms with van der Waals surface area (Å²) < 4.78 is 1.67. The highest BCUT2D eigenvalue weighted by Crippen LogP contribution is 2.11. The zero-order valence-corrected chi connectivity index (χ0v) is 10.5. The molecule has 0 saturated carbocycles. The van der Waals surface area contributed by atoms with Crippen molar-refractivity contribution in [3.05, 3.63) is 36.8 Å². The molecular weight excluding hydrogens is 228 g/mol. The summed E-state index contributed by atoms with van der Waals surface area (Å²) in [7, 11) is 0. The molecule has 0 spiro atoms. The Morgan fingerprint density at radius 3 is 2.89 bits per heavy atom. The van der Waals surface area contributed by atoms with Crippen molar-refractivity contribution < 1.29 is 4.79 Å². The van der Waals surface area contributed by atoms with Crippen molar-refractivity contribution in [1.29, 1.82) is 0 Å². The first-order valence-corrected chi connectivity index (χ1v) is 5.97. The van der Waals surface area contributed by atoms with Crippen LogP contribution in [0, 0.1) is 5.92 Å². The van der Waals surface area contributed by atoms with Gasteiger partial charge in [0.1, 0.15) is 0 Å². The van der Waals surface area contributed by atoms with Gasteiger partial charge in [0.05, 0.1) is 11.9 Å². The van der Waals surface area contributed by atoms with Crippen LogP contribution in [0.4, 0.5) is 5.69 Å². The van der Waals surface area contributed by atoms with Gasteiger partial charge in [-0.05, 0) is 24.6 Å². The van der Waals surface area contributed by atoms with Crippen molar-refractivity contribution >= 4 is 11.6 Å². The van der Waals surface area contributed by atoms with E-state index in [0.29, 0.717) is 5.69 Å². The van der Waals surface area contributed by atoms with Crippen LogP contribution >= 0.6 is 0 Å². The van der Waals surface area contributed by atoms with E-state index in [9.17, 15) is 4.79 Å². The summed E-state index contributed by atoms with van der Waals surface area (Å²) in [5.74, 6) is 0.753. The van der Waals surface area contributed by atoms with E-state index in [4.69, 9.17) is 0 Å². The molecule has 2 aromatic rings. The normalized spacial score (nSPS) is 12.1. The molecule has 1 amide bonds. The van der Waals surface area contributed by atoms with Crippen molar-refractivity contribution in [3.8, 4) is 5.82 Å². The maximum Gasteiger partial charge on any atom is 0.227 e. The molecule has 0 fully saturated rings. The molecule has 2 rings (SSSR count). The highest BCUT2D eigenvalue weighted by atomic mass is 16.1. The quantitative estimate of drug-likeness (QED) is 0.897. The van der Waals surface area contributed by atoms with Crippen LogP contribution in [0.1, 0.15) is 20.3 Å². The van der Waals surface area contributed by atoms with Gasteiger partial charge >= 0.3 is 0 Å². The lowest BCUT2D eigenvalue weighted by Gasteiger charge is -2.09. The molecule has 18 heavy (non-hydrogen) atoms. The lowest BCUT2D eigenvalue weighted by atomic mass is 10.1. The molecule has 0 saturated heterocycles. The molecule has 5 nitrogen and oxygen atoms in total. The van der Waals surface area contributed by atoms with E-state index in [-0.39, 0.29) is 11.8 Å². The third kappa shape index (κ3) is 2.74. The fraction of sp³-hybridized carbons (Fsp3) is 0.308. The average Bonchev–Trinajstić information content (AvgIpc) is 2.92. The SMILES string of the molecule is CCC(C)C(=O)Nc1ccc(-n2cccn2)nc1. The van der Waals surface area contributed by atoms with Crippen LogP contribution in [0.5, 0.6) is 0 Å². The van der Waals surface area contributed by atoms with Gasteiger partial charge < -0.3 is 5.32 Å². The predicted molar refractivity (Wildman–Crippen MR) is 69.4 cm³/mol. The highest BCUT2D eigenvalue weighted by molar-refractivity contribution is 5.92. The van der Waals surface area contributed by atoms with Crippen LogP contribution < -0.4 is 5.32 Å². The second-order valence-corrected chi connectivity index (χ2v) is 4.15.